The van der Waals surface area contributed by atoms with Crippen molar-refractivity contribution < 1.29 is 32.6 Å². The van der Waals surface area contributed by atoms with E-state index in [2.05, 4.69) is 15.7 Å². The summed E-state index contributed by atoms with van der Waals surface area (Å²) in [6, 6.07) is 3.36. The van der Waals surface area contributed by atoms with E-state index in [1.54, 1.807) is 17.0 Å². The van der Waals surface area contributed by atoms with E-state index in [4.69, 9.17) is 10.00 Å². The number of nitrogens with zero attached hydrogens (tertiary/aromatic N) is 4. The van der Waals surface area contributed by atoms with Crippen molar-refractivity contribution >= 4 is 17.6 Å². The first-order chi connectivity index (χ1) is 16.7. The summed E-state index contributed by atoms with van der Waals surface area (Å²) in [4.78, 5) is 32.1. The minimum atomic E-state index is -4.74. The molecular formula is C21H28F3N7O4. The number of nitrogens with one attached hydrogen (secondary N) is 3. The number of hydrazine groups is 1. The number of rotatable bonds is 9. The Morgan fingerprint density at radius 3 is 2.69 bits per heavy atom. The Kier molecular flexibility index (Phi) is 9.21. The molecule has 0 aromatic carbocycles. The minimum Gasteiger partial charge on any atom is -0.395 e. The molecule has 11 nitrogen and oxygen atoms in total. The molecule has 14 heteroatoms. The second-order valence-electron chi connectivity index (χ2n) is 8.25. The molecular weight excluding hydrogens is 471 g/mol. The van der Waals surface area contributed by atoms with Crippen LogP contribution in [0.5, 0.6) is 0 Å². The van der Waals surface area contributed by atoms with Gasteiger partial charge in [-0.15, -0.1) is 0 Å². The SMILES string of the molecule is N#Cc1ccc(N2CCN(C(=O)CCOCC(CO)NC3CNNC(=O)C3C(F)(F)F)CC2)nc1. The molecule has 3 rings (SSSR count). The van der Waals surface area contributed by atoms with Gasteiger partial charge in [-0.25, -0.2) is 10.4 Å². The van der Waals surface area contributed by atoms with Gasteiger partial charge in [0.05, 0.1) is 37.8 Å². The number of alkyl halides is 3. The maximum Gasteiger partial charge on any atom is 0.402 e. The van der Waals surface area contributed by atoms with Gasteiger partial charge in [0, 0.05) is 45.0 Å². The van der Waals surface area contributed by atoms with Gasteiger partial charge >= 0.3 is 6.18 Å². The number of nitriles is 1. The van der Waals surface area contributed by atoms with Gasteiger partial charge in [-0.05, 0) is 12.1 Å². The highest BCUT2D eigenvalue weighted by molar-refractivity contribution is 5.80. The lowest BCUT2D eigenvalue weighted by Crippen LogP contribution is -2.65. The lowest BCUT2D eigenvalue weighted by Gasteiger charge is -2.35. The van der Waals surface area contributed by atoms with E-state index in [1.165, 1.54) is 6.20 Å². The lowest BCUT2D eigenvalue weighted by molar-refractivity contribution is -0.193. The van der Waals surface area contributed by atoms with Crippen LogP contribution in [0.15, 0.2) is 18.3 Å². The molecule has 4 N–H and O–H groups in total. The molecule has 3 atom stereocenters. The highest BCUT2D eigenvalue weighted by Crippen LogP contribution is 2.30. The largest absolute Gasteiger partial charge is 0.402 e. The third kappa shape index (κ3) is 7.25. The van der Waals surface area contributed by atoms with Crippen molar-refractivity contribution in [1.29, 1.82) is 5.26 Å². The zero-order valence-electron chi connectivity index (χ0n) is 18.9. The van der Waals surface area contributed by atoms with Crippen molar-refractivity contribution in [3.63, 3.8) is 0 Å². The maximum absolute atomic E-state index is 13.2. The number of halogens is 3. The molecule has 2 fully saturated rings. The number of piperazine rings is 1. The third-order valence-corrected chi connectivity index (χ3v) is 5.85. The van der Waals surface area contributed by atoms with Crippen LogP contribution in [0, 0.1) is 17.2 Å². The summed E-state index contributed by atoms with van der Waals surface area (Å²) in [6.45, 7) is 1.42. The van der Waals surface area contributed by atoms with Crippen LogP contribution in [0.25, 0.3) is 0 Å². The summed E-state index contributed by atoms with van der Waals surface area (Å²) in [5, 5.41) is 21.0. The van der Waals surface area contributed by atoms with Gasteiger partial charge in [0.15, 0.2) is 5.92 Å². The zero-order chi connectivity index (χ0) is 25.4. The van der Waals surface area contributed by atoms with E-state index >= 15 is 0 Å². The molecule has 3 unspecified atom stereocenters. The van der Waals surface area contributed by atoms with Crippen molar-refractivity contribution in [2.24, 2.45) is 5.92 Å². The minimum absolute atomic E-state index is 0.0422. The van der Waals surface area contributed by atoms with E-state index in [0.29, 0.717) is 31.7 Å². The van der Waals surface area contributed by atoms with Gasteiger partial charge in [-0.1, -0.05) is 0 Å². The Balaban J connectivity index is 1.38. The lowest BCUT2D eigenvalue weighted by atomic mass is 9.96. The monoisotopic (exact) mass is 499 g/mol. The van der Waals surface area contributed by atoms with E-state index in [0.717, 1.165) is 5.82 Å². The summed E-state index contributed by atoms with van der Waals surface area (Å²) >= 11 is 0. The molecule has 192 valence electrons. The second kappa shape index (κ2) is 12.1. The van der Waals surface area contributed by atoms with Gasteiger partial charge in [0.25, 0.3) is 0 Å². The molecule has 2 aliphatic rings. The van der Waals surface area contributed by atoms with Gasteiger partial charge in [0.1, 0.15) is 11.9 Å². The van der Waals surface area contributed by atoms with Crippen LogP contribution in [0.1, 0.15) is 12.0 Å². The maximum atomic E-state index is 13.2. The summed E-state index contributed by atoms with van der Waals surface area (Å²) in [6.07, 6.45) is -3.15. The fourth-order valence-corrected chi connectivity index (χ4v) is 3.98. The molecule has 3 heterocycles. The van der Waals surface area contributed by atoms with Crippen molar-refractivity contribution in [2.45, 2.75) is 24.7 Å². The molecule has 2 saturated heterocycles. The highest BCUT2D eigenvalue weighted by atomic mass is 19.4. The predicted molar refractivity (Wildman–Crippen MR) is 117 cm³/mol. The average Bonchev–Trinajstić information content (AvgIpc) is 2.85. The normalized spacial score (nSPS) is 21.9. The molecule has 35 heavy (non-hydrogen) atoms. The Morgan fingerprint density at radius 2 is 2.09 bits per heavy atom. The quantitative estimate of drug-likeness (QED) is 0.319. The standard InChI is InChI=1S/C21H28F3N7O4/c22-21(23,24)19-16(11-27-29-20(19)34)28-15(12-32)13-35-8-3-18(33)31-6-4-30(5-7-31)17-2-1-14(9-25)10-26-17/h1-2,10,15-16,19,27-28,32H,3-8,11-13H2,(H,29,34). The predicted octanol–water partition coefficient (Wildman–Crippen LogP) is -0.859. The third-order valence-electron chi connectivity index (χ3n) is 5.85. The number of aromatic nitrogens is 1. The Labute approximate surface area is 200 Å². The van der Waals surface area contributed by atoms with Crippen molar-refractivity contribution in [1.82, 2.24) is 26.1 Å². The number of carbonyl (C=O) groups is 2. The molecule has 2 amide bonds. The molecule has 1 aromatic heterocycles. The highest BCUT2D eigenvalue weighted by Gasteiger charge is 2.51. The Hall–Kier alpha value is -2.99. The van der Waals surface area contributed by atoms with Gasteiger partial charge in [-0.2, -0.15) is 18.4 Å². The van der Waals surface area contributed by atoms with E-state index in [-0.39, 0.29) is 32.1 Å². The first kappa shape index (κ1) is 26.6. The summed E-state index contributed by atoms with van der Waals surface area (Å²) < 4.78 is 45.1. The number of anilines is 1. The van der Waals surface area contributed by atoms with E-state index in [1.807, 2.05) is 16.4 Å². The Morgan fingerprint density at radius 1 is 1.34 bits per heavy atom. The van der Waals surface area contributed by atoms with Crippen molar-refractivity contribution in [3.8, 4) is 6.07 Å². The van der Waals surface area contributed by atoms with Crippen LogP contribution < -0.4 is 21.1 Å². The second-order valence-corrected chi connectivity index (χ2v) is 8.25. The first-order valence-electron chi connectivity index (χ1n) is 11.2. The first-order valence-corrected chi connectivity index (χ1v) is 11.2. The zero-order valence-corrected chi connectivity index (χ0v) is 18.9. The van der Waals surface area contributed by atoms with Crippen LogP contribution >= 0.6 is 0 Å². The number of carbonyl (C=O) groups excluding carboxylic acids is 2. The summed E-state index contributed by atoms with van der Waals surface area (Å²) in [7, 11) is 0. The van der Waals surface area contributed by atoms with Crippen LogP contribution in [0.2, 0.25) is 0 Å². The number of hydrogen-bond donors (Lipinski definition) is 4. The topological polar surface area (TPSA) is 143 Å². The number of amides is 2. The number of ether oxygens (including phenoxy) is 1. The number of aliphatic hydroxyl groups is 1. The van der Waals surface area contributed by atoms with E-state index < -0.39 is 36.7 Å². The molecule has 0 aliphatic carbocycles. The number of pyridine rings is 1. The van der Waals surface area contributed by atoms with Crippen LogP contribution in [-0.4, -0.2) is 97.6 Å². The number of aliphatic hydroxyl groups excluding tert-OH is 1. The molecule has 0 radical (unpaired) electrons. The van der Waals surface area contributed by atoms with Crippen LogP contribution in [0.4, 0.5) is 19.0 Å². The molecule has 1 aromatic rings. The van der Waals surface area contributed by atoms with Crippen molar-refractivity contribution in [2.75, 3.05) is 57.4 Å². The molecule has 0 saturated carbocycles. The van der Waals surface area contributed by atoms with Gasteiger partial charge in [0.2, 0.25) is 11.8 Å². The fraction of sp³-hybridized carbons (Fsp3) is 0.619. The van der Waals surface area contributed by atoms with E-state index in [9.17, 15) is 27.9 Å². The molecule has 0 bridgehead atoms. The summed E-state index contributed by atoms with van der Waals surface area (Å²) in [5.41, 5.74) is 4.84. The van der Waals surface area contributed by atoms with Crippen LogP contribution in [0.3, 0.4) is 0 Å². The van der Waals surface area contributed by atoms with Gasteiger partial charge < -0.3 is 25.0 Å². The molecule has 2 aliphatic heterocycles. The average molecular weight is 499 g/mol. The number of hydrogen-bond acceptors (Lipinski definition) is 9. The smallest absolute Gasteiger partial charge is 0.395 e. The van der Waals surface area contributed by atoms with Gasteiger partial charge in [-0.3, -0.25) is 15.0 Å². The van der Waals surface area contributed by atoms with Crippen molar-refractivity contribution in [3.05, 3.63) is 23.9 Å². The molecule has 0 spiro atoms. The fourth-order valence-electron chi connectivity index (χ4n) is 3.98. The Bertz CT molecular complexity index is 902. The summed E-state index contributed by atoms with van der Waals surface area (Å²) in [5.74, 6) is -2.83. The van der Waals surface area contributed by atoms with Crippen LogP contribution in [-0.2, 0) is 14.3 Å².